The molecule has 0 aliphatic heterocycles. The molecule has 0 amide bonds. The number of nitrogens with one attached hydrogen (secondary N) is 1. The van der Waals surface area contributed by atoms with Crippen molar-refractivity contribution in [2.45, 2.75) is 46.1 Å². The lowest BCUT2D eigenvalue weighted by Crippen LogP contribution is -2.24. The van der Waals surface area contributed by atoms with Crippen LogP contribution in [0.1, 0.15) is 39.5 Å². The molecule has 0 unspecified atom stereocenters. The van der Waals surface area contributed by atoms with Crippen LogP contribution in [0.3, 0.4) is 0 Å². The molecule has 4 heteroatoms. The Labute approximate surface area is 112 Å². The molecule has 0 spiro atoms. The standard InChI is InChI=1S/C14H25N3O.H2/c1-12(2)15-7-5-9-18-8-4-6-14-10-16-13(3)17-11-14;/h10-12,15H,4-9H2,1-3H3;1H. The van der Waals surface area contributed by atoms with Crippen LogP contribution in [0.25, 0.3) is 0 Å². The summed E-state index contributed by atoms with van der Waals surface area (Å²) in [6, 6.07) is 0.562. The van der Waals surface area contributed by atoms with Crippen LogP contribution in [0, 0.1) is 6.92 Å². The second-order valence-electron chi connectivity index (χ2n) is 4.82. The molecule has 104 valence electrons. The number of hydrogen-bond acceptors (Lipinski definition) is 4. The molecule has 1 aromatic heterocycles. The Balaban J connectivity index is 0.00000324. The SMILES string of the molecule is Cc1ncc(CCCOCCCNC(C)C)cn1.[HH]. The molecule has 1 heterocycles. The van der Waals surface area contributed by atoms with Gasteiger partial charge in [-0.15, -0.1) is 0 Å². The summed E-state index contributed by atoms with van der Waals surface area (Å²) in [5.74, 6) is 0.827. The van der Waals surface area contributed by atoms with Crippen LogP contribution < -0.4 is 5.32 Å². The molecule has 0 aliphatic rings. The third kappa shape index (κ3) is 7.35. The molecule has 0 saturated carbocycles. The van der Waals surface area contributed by atoms with Crippen molar-refractivity contribution in [3.05, 3.63) is 23.8 Å². The Kier molecular flexibility index (Phi) is 7.53. The molecule has 4 nitrogen and oxygen atoms in total. The zero-order valence-electron chi connectivity index (χ0n) is 11.8. The summed E-state index contributed by atoms with van der Waals surface area (Å²) in [7, 11) is 0. The van der Waals surface area contributed by atoms with Crippen LogP contribution >= 0.6 is 0 Å². The highest BCUT2D eigenvalue weighted by Gasteiger charge is 1.96. The first-order valence-electron chi connectivity index (χ1n) is 6.77. The molecule has 1 rings (SSSR count). The Morgan fingerprint density at radius 3 is 2.56 bits per heavy atom. The number of aromatic nitrogens is 2. The van der Waals surface area contributed by atoms with E-state index in [1.807, 2.05) is 19.3 Å². The highest BCUT2D eigenvalue weighted by atomic mass is 16.5. The highest BCUT2D eigenvalue weighted by Crippen LogP contribution is 2.00. The molecule has 0 bridgehead atoms. The van der Waals surface area contributed by atoms with E-state index in [2.05, 4.69) is 29.1 Å². The van der Waals surface area contributed by atoms with Crippen molar-refractivity contribution in [3.63, 3.8) is 0 Å². The Morgan fingerprint density at radius 1 is 1.22 bits per heavy atom. The lowest BCUT2D eigenvalue weighted by molar-refractivity contribution is 0.129. The topological polar surface area (TPSA) is 47.0 Å². The van der Waals surface area contributed by atoms with Gasteiger partial charge in [-0.05, 0) is 38.3 Å². The second-order valence-corrected chi connectivity index (χ2v) is 4.82. The van der Waals surface area contributed by atoms with E-state index in [9.17, 15) is 0 Å². The van der Waals surface area contributed by atoms with Gasteiger partial charge in [0.05, 0.1) is 0 Å². The van der Waals surface area contributed by atoms with Crippen LogP contribution in [0.4, 0.5) is 0 Å². The van der Waals surface area contributed by atoms with Gasteiger partial charge < -0.3 is 10.1 Å². The first-order valence-corrected chi connectivity index (χ1v) is 6.77. The lowest BCUT2D eigenvalue weighted by atomic mass is 10.2. The molecule has 0 fully saturated rings. The smallest absolute Gasteiger partial charge is 0.125 e. The summed E-state index contributed by atoms with van der Waals surface area (Å²) in [6.07, 6.45) is 6.89. The van der Waals surface area contributed by atoms with Gasteiger partial charge in [0.1, 0.15) is 5.82 Å². The number of hydrogen-bond donors (Lipinski definition) is 1. The lowest BCUT2D eigenvalue weighted by Gasteiger charge is -2.08. The van der Waals surface area contributed by atoms with Crippen molar-refractivity contribution in [2.75, 3.05) is 19.8 Å². The van der Waals surface area contributed by atoms with Gasteiger partial charge in [-0.3, -0.25) is 0 Å². The van der Waals surface area contributed by atoms with E-state index in [1.54, 1.807) is 0 Å². The maximum atomic E-state index is 5.58. The zero-order valence-corrected chi connectivity index (χ0v) is 11.8. The van der Waals surface area contributed by atoms with Crippen LogP contribution in [0.15, 0.2) is 12.4 Å². The average molecular weight is 253 g/mol. The molecule has 0 aromatic carbocycles. The quantitative estimate of drug-likeness (QED) is 0.686. The Bertz CT molecular complexity index is 317. The third-order valence-electron chi connectivity index (χ3n) is 2.61. The third-order valence-corrected chi connectivity index (χ3v) is 2.61. The molecule has 0 radical (unpaired) electrons. The normalized spacial score (nSPS) is 11.1. The minimum atomic E-state index is 0. The fraction of sp³-hybridized carbons (Fsp3) is 0.714. The summed E-state index contributed by atoms with van der Waals surface area (Å²) in [4.78, 5) is 8.35. The predicted molar refractivity (Wildman–Crippen MR) is 75.8 cm³/mol. The van der Waals surface area contributed by atoms with E-state index in [0.717, 1.165) is 44.8 Å². The number of aryl methyl sites for hydroxylation is 2. The fourth-order valence-electron chi connectivity index (χ4n) is 1.59. The van der Waals surface area contributed by atoms with Crippen LogP contribution in [-0.4, -0.2) is 35.8 Å². The van der Waals surface area contributed by atoms with Crippen molar-refractivity contribution in [2.24, 2.45) is 0 Å². The maximum absolute atomic E-state index is 5.58. The first-order chi connectivity index (χ1) is 8.68. The monoisotopic (exact) mass is 253 g/mol. The fourth-order valence-corrected chi connectivity index (χ4v) is 1.59. The molecule has 0 aliphatic carbocycles. The molecule has 0 atom stereocenters. The number of ether oxygens (including phenoxy) is 1. The van der Waals surface area contributed by atoms with Crippen molar-refractivity contribution in [1.82, 2.24) is 15.3 Å². The molecule has 0 saturated heterocycles. The Hall–Kier alpha value is -1.00. The van der Waals surface area contributed by atoms with Gasteiger partial charge in [0.25, 0.3) is 0 Å². The number of rotatable bonds is 9. The minimum Gasteiger partial charge on any atom is -0.381 e. The molecule has 18 heavy (non-hydrogen) atoms. The van der Waals surface area contributed by atoms with E-state index in [1.165, 1.54) is 5.56 Å². The van der Waals surface area contributed by atoms with Gasteiger partial charge in [-0.2, -0.15) is 0 Å². The summed E-state index contributed by atoms with van der Waals surface area (Å²) >= 11 is 0. The largest absolute Gasteiger partial charge is 0.381 e. The zero-order chi connectivity index (χ0) is 13.2. The minimum absolute atomic E-state index is 0. The van der Waals surface area contributed by atoms with Crippen molar-refractivity contribution in [3.8, 4) is 0 Å². The van der Waals surface area contributed by atoms with Crippen LogP contribution in [0.5, 0.6) is 0 Å². The van der Waals surface area contributed by atoms with Gasteiger partial charge in [-0.25, -0.2) is 9.97 Å². The average Bonchev–Trinajstić information content (AvgIpc) is 2.34. The van der Waals surface area contributed by atoms with E-state index in [-0.39, 0.29) is 1.43 Å². The van der Waals surface area contributed by atoms with Crippen molar-refractivity contribution in [1.29, 1.82) is 0 Å². The van der Waals surface area contributed by atoms with Gasteiger partial charge in [0, 0.05) is 33.1 Å². The molecular weight excluding hydrogens is 226 g/mol. The van der Waals surface area contributed by atoms with E-state index in [4.69, 9.17) is 4.74 Å². The van der Waals surface area contributed by atoms with Crippen molar-refractivity contribution >= 4 is 0 Å². The van der Waals surface area contributed by atoms with Gasteiger partial charge in [0.15, 0.2) is 0 Å². The molecule has 1 N–H and O–H groups in total. The maximum Gasteiger partial charge on any atom is 0.125 e. The van der Waals surface area contributed by atoms with E-state index >= 15 is 0 Å². The molecular formula is C14H27N3O. The van der Waals surface area contributed by atoms with Crippen molar-refractivity contribution < 1.29 is 6.16 Å². The number of nitrogens with zero attached hydrogens (tertiary/aromatic N) is 2. The first kappa shape index (κ1) is 15.1. The van der Waals surface area contributed by atoms with Crippen LogP contribution in [0.2, 0.25) is 0 Å². The van der Waals surface area contributed by atoms with Crippen LogP contribution in [-0.2, 0) is 11.2 Å². The van der Waals surface area contributed by atoms with E-state index < -0.39 is 0 Å². The molecule has 1 aromatic rings. The van der Waals surface area contributed by atoms with Gasteiger partial charge in [-0.1, -0.05) is 13.8 Å². The summed E-state index contributed by atoms with van der Waals surface area (Å²) < 4.78 is 5.58. The highest BCUT2D eigenvalue weighted by molar-refractivity contribution is 5.04. The summed E-state index contributed by atoms with van der Waals surface area (Å²) in [5.41, 5.74) is 1.19. The summed E-state index contributed by atoms with van der Waals surface area (Å²) in [5, 5.41) is 3.37. The van der Waals surface area contributed by atoms with Gasteiger partial charge >= 0.3 is 0 Å². The predicted octanol–water partition coefficient (Wildman–Crippen LogP) is 2.37. The van der Waals surface area contributed by atoms with Gasteiger partial charge in [0.2, 0.25) is 0 Å². The summed E-state index contributed by atoms with van der Waals surface area (Å²) in [6.45, 7) is 8.90. The second kappa shape index (κ2) is 9.00. The van der Waals surface area contributed by atoms with E-state index in [0.29, 0.717) is 6.04 Å². The Morgan fingerprint density at radius 2 is 1.89 bits per heavy atom.